The van der Waals surface area contributed by atoms with E-state index in [1.807, 2.05) is 74.5 Å². The van der Waals surface area contributed by atoms with Gasteiger partial charge in [-0.1, -0.05) is 60.7 Å². The lowest BCUT2D eigenvalue weighted by atomic mass is 10.0. The Bertz CT molecular complexity index is 627. The van der Waals surface area contributed by atoms with Crippen molar-refractivity contribution in [2.24, 2.45) is 0 Å². The third-order valence-electron chi connectivity index (χ3n) is 4.07. The Morgan fingerprint density at radius 3 is 2.29 bits per heavy atom. The number of benzene rings is 2. The van der Waals surface area contributed by atoms with Gasteiger partial charge in [0.25, 0.3) is 0 Å². The minimum absolute atomic E-state index is 0.320. The molecule has 0 radical (unpaired) electrons. The Labute approximate surface area is 143 Å². The van der Waals surface area contributed by atoms with E-state index in [2.05, 4.69) is 0 Å². The Morgan fingerprint density at radius 2 is 1.62 bits per heavy atom. The Hall–Kier alpha value is -1.72. The molecule has 4 nitrogen and oxygen atoms in total. The van der Waals surface area contributed by atoms with Gasteiger partial charge in [-0.15, -0.1) is 0 Å². The fourth-order valence-electron chi connectivity index (χ4n) is 2.97. The summed E-state index contributed by atoms with van der Waals surface area (Å²) in [6.45, 7) is 4.59. The highest BCUT2D eigenvalue weighted by Gasteiger charge is 2.45. The minimum Gasteiger partial charge on any atom is -0.386 e. The van der Waals surface area contributed by atoms with E-state index in [-0.39, 0.29) is 6.10 Å². The van der Waals surface area contributed by atoms with Crippen LogP contribution in [0.25, 0.3) is 0 Å². The van der Waals surface area contributed by atoms with Gasteiger partial charge < -0.3 is 19.3 Å². The third kappa shape index (κ3) is 4.22. The molecule has 0 bridgehead atoms. The Morgan fingerprint density at radius 1 is 1.00 bits per heavy atom. The van der Waals surface area contributed by atoms with Crippen LogP contribution in [0, 0.1) is 0 Å². The van der Waals surface area contributed by atoms with Crippen LogP contribution >= 0.6 is 0 Å². The van der Waals surface area contributed by atoms with E-state index in [1.54, 1.807) is 0 Å². The second-order valence-electron chi connectivity index (χ2n) is 6.49. The highest BCUT2D eigenvalue weighted by molar-refractivity contribution is 5.19. The van der Waals surface area contributed by atoms with Gasteiger partial charge in [-0.3, -0.25) is 0 Å². The van der Waals surface area contributed by atoms with Crippen LogP contribution in [-0.4, -0.2) is 29.7 Å². The van der Waals surface area contributed by atoms with Crippen molar-refractivity contribution in [1.29, 1.82) is 0 Å². The van der Waals surface area contributed by atoms with Gasteiger partial charge in [-0.25, -0.2) is 0 Å². The van der Waals surface area contributed by atoms with Crippen molar-refractivity contribution < 1.29 is 19.3 Å². The quantitative estimate of drug-likeness (QED) is 0.882. The summed E-state index contributed by atoms with van der Waals surface area (Å²) in [4.78, 5) is 0. The molecule has 3 rings (SSSR count). The summed E-state index contributed by atoms with van der Waals surface area (Å²) in [5.74, 6) is -0.735. The number of ether oxygens (including phenoxy) is 3. The zero-order valence-corrected chi connectivity index (χ0v) is 14.1. The molecule has 1 saturated heterocycles. The second-order valence-corrected chi connectivity index (χ2v) is 6.49. The molecular weight excluding hydrogens is 304 g/mol. The number of hydrogen-bond acceptors (Lipinski definition) is 4. The van der Waals surface area contributed by atoms with E-state index >= 15 is 0 Å². The van der Waals surface area contributed by atoms with Gasteiger partial charge in [-0.05, 0) is 25.0 Å². The monoisotopic (exact) mass is 328 g/mol. The molecule has 3 atom stereocenters. The first-order chi connectivity index (χ1) is 11.6. The van der Waals surface area contributed by atoms with Crippen LogP contribution in [0.2, 0.25) is 0 Å². The summed E-state index contributed by atoms with van der Waals surface area (Å²) in [5, 5.41) is 10.7. The molecule has 128 valence electrons. The van der Waals surface area contributed by atoms with Gasteiger partial charge >= 0.3 is 0 Å². The Balaban J connectivity index is 1.63. The fourth-order valence-corrected chi connectivity index (χ4v) is 2.97. The molecule has 2 aromatic carbocycles. The van der Waals surface area contributed by atoms with E-state index in [1.165, 1.54) is 0 Å². The third-order valence-corrected chi connectivity index (χ3v) is 4.07. The molecule has 0 amide bonds. The van der Waals surface area contributed by atoms with Crippen molar-refractivity contribution >= 4 is 0 Å². The molecule has 2 aromatic rings. The number of hydrogen-bond donors (Lipinski definition) is 1. The van der Waals surface area contributed by atoms with Crippen LogP contribution in [-0.2, 0) is 20.8 Å². The standard InChI is InChI=1S/C20H24O4/c1-20(2)23-17(14-22-13-15-9-5-3-6-10-15)19(24-20)18(21)16-11-7-4-8-12-16/h3-12,17-19,21H,13-14H2,1-2H3/t17-,18-,19+/m1/s1. The van der Waals surface area contributed by atoms with Gasteiger partial charge in [0.2, 0.25) is 0 Å². The molecule has 1 fully saturated rings. The second kappa shape index (κ2) is 7.45. The Kier molecular flexibility index (Phi) is 5.31. The van der Waals surface area contributed by atoms with Crippen LogP contribution in [0.4, 0.5) is 0 Å². The van der Waals surface area contributed by atoms with E-state index in [0.717, 1.165) is 11.1 Å². The van der Waals surface area contributed by atoms with Crippen molar-refractivity contribution in [1.82, 2.24) is 0 Å². The van der Waals surface area contributed by atoms with E-state index in [9.17, 15) is 5.11 Å². The van der Waals surface area contributed by atoms with Crippen molar-refractivity contribution in [2.45, 2.75) is 44.6 Å². The number of rotatable bonds is 6. The fraction of sp³-hybridized carbons (Fsp3) is 0.400. The minimum atomic E-state index is -0.752. The van der Waals surface area contributed by atoms with Gasteiger partial charge in [0.05, 0.1) is 13.2 Å². The summed E-state index contributed by atoms with van der Waals surface area (Å²) in [6, 6.07) is 19.5. The summed E-state index contributed by atoms with van der Waals surface area (Å²) >= 11 is 0. The zero-order valence-electron chi connectivity index (χ0n) is 14.1. The molecule has 0 unspecified atom stereocenters. The van der Waals surface area contributed by atoms with Crippen molar-refractivity contribution in [3.8, 4) is 0 Å². The topological polar surface area (TPSA) is 47.9 Å². The summed E-state index contributed by atoms with van der Waals surface area (Å²) in [6.07, 6.45) is -1.53. The summed E-state index contributed by atoms with van der Waals surface area (Å²) in [7, 11) is 0. The molecule has 4 heteroatoms. The lowest BCUT2D eigenvalue weighted by Crippen LogP contribution is -2.33. The smallest absolute Gasteiger partial charge is 0.164 e. The van der Waals surface area contributed by atoms with Crippen molar-refractivity contribution in [2.75, 3.05) is 6.61 Å². The highest BCUT2D eigenvalue weighted by atomic mass is 16.8. The molecular formula is C20H24O4. The molecule has 1 aliphatic rings. The van der Waals surface area contributed by atoms with E-state index < -0.39 is 18.0 Å². The average Bonchev–Trinajstić information content (AvgIpc) is 2.91. The van der Waals surface area contributed by atoms with Crippen molar-refractivity contribution in [3.05, 3.63) is 71.8 Å². The molecule has 1 N–H and O–H groups in total. The maximum absolute atomic E-state index is 10.7. The van der Waals surface area contributed by atoms with Gasteiger partial charge in [0.15, 0.2) is 5.79 Å². The van der Waals surface area contributed by atoms with Crippen LogP contribution < -0.4 is 0 Å². The molecule has 0 aliphatic carbocycles. The van der Waals surface area contributed by atoms with Crippen LogP contribution in [0.1, 0.15) is 31.1 Å². The molecule has 24 heavy (non-hydrogen) atoms. The van der Waals surface area contributed by atoms with Crippen LogP contribution in [0.15, 0.2) is 60.7 Å². The lowest BCUT2D eigenvalue weighted by molar-refractivity contribution is -0.158. The summed E-state index contributed by atoms with van der Waals surface area (Å²) in [5.41, 5.74) is 1.92. The summed E-state index contributed by atoms with van der Waals surface area (Å²) < 4.78 is 17.7. The van der Waals surface area contributed by atoms with Gasteiger partial charge in [-0.2, -0.15) is 0 Å². The molecule has 0 spiro atoms. The molecule has 0 aromatic heterocycles. The highest BCUT2D eigenvalue weighted by Crippen LogP contribution is 2.35. The van der Waals surface area contributed by atoms with Gasteiger partial charge in [0, 0.05) is 0 Å². The van der Waals surface area contributed by atoms with Crippen LogP contribution in [0.3, 0.4) is 0 Å². The van der Waals surface area contributed by atoms with E-state index in [4.69, 9.17) is 14.2 Å². The number of aliphatic hydroxyl groups excluding tert-OH is 1. The zero-order chi connectivity index (χ0) is 17.0. The predicted molar refractivity (Wildman–Crippen MR) is 91.3 cm³/mol. The average molecular weight is 328 g/mol. The van der Waals surface area contributed by atoms with Gasteiger partial charge in [0.1, 0.15) is 18.3 Å². The largest absolute Gasteiger partial charge is 0.386 e. The van der Waals surface area contributed by atoms with E-state index in [0.29, 0.717) is 13.2 Å². The SMILES string of the molecule is CC1(C)O[C@H]([C@H](O)c2ccccc2)[C@@H](COCc2ccccc2)O1. The lowest BCUT2D eigenvalue weighted by Gasteiger charge is -2.22. The predicted octanol–water partition coefficient (Wildman–Crippen LogP) is 3.46. The molecule has 1 aliphatic heterocycles. The maximum atomic E-state index is 10.7. The number of aliphatic hydroxyl groups is 1. The normalized spacial score (nSPS) is 24.0. The molecule has 0 saturated carbocycles. The van der Waals surface area contributed by atoms with Crippen molar-refractivity contribution in [3.63, 3.8) is 0 Å². The molecule has 1 heterocycles. The van der Waals surface area contributed by atoms with Crippen LogP contribution in [0.5, 0.6) is 0 Å². The first-order valence-corrected chi connectivity index (χ1v) is 8.25. The first-order valence-electron chi connectivity index (χ1n) is 8.25. The maximum Gasteiger partial charge on any atom is 0.164 e. The first kappa shape index (κ1) is 17.1.